The third-order valence-electron chi connectivity index (χ3n) is 4.08. The molecule has 1 aliphatic carbocycles. The summed E-state index contributed by atoms with van der Waals surface area (Å²) in [5.41, 5.74) is 0.331. The van der Waals surface area contributed by atoms with Crippen molar-refractivity contribution < 1.29 is 23.5 Å². The Morgan fingerprint density at radius 3 is 2.71 bits per heavy atom. The van der Waals surface area contributed by atoms with Gasteiger partial charge in [-0.15, -0.1) is 11.8 Å². The van der Waals surface area contributed by atoms with Crippen molar-refractivity contribution in [2.75, 3.05) is 5.75 Å². The Morgan fingerprint density at radius 2 is 2.00 bits per heavy atom. The summed E-state index contributed by atoms with van der Waals surface area (Å²) < 4.78 is 10.5. The lowest BCUT2D eigenvalue weighted by molar-refractivity contribution is -0.129. The van der Waals surface area contributed by atoms with Crippen LogP contribution in [0.4, 0.5) is 0 Å². The van der Waals surface area contributed by atoms with Crippen LogP contribution in [0.3, 0.4) is 0 Å². The number of hydrogen-bond acceptors (Lipinski definition) is 6. The maximum Gasteiger partial charge on any atom is 0.340 e. The van der Waals surface area contributed by atoms with Crippen LogP contribution in [0.25, 0.3) is 0 Å². The number of rotatable bonds is 9. The summed E-state index contributed by atoms with van der Waals surface area (Å²) in [5.74, 6) is -0.249. The van der Waals surface area contributed by atoms with Crippen LogP contribution in [0.15, 0.2) is 52.0 Å². The molecule has 0 radical (unpaired) electrons. The Morgan fingerprint density at radius 1 is 1.21 bits per heavy atom. The van der Waals surface area contributed by atoms with Crippen molar-refractivity contribution in [3.63, 3.8) is 0 Å². The standard InChI is InChI=1S/C20H22N2O5S/c1-13(19(24)22-14-8-9-14)27-20(25)16-6-2-3-7-17(16)28-12-18(23)21-11-15-5-4-10-26-15/h2-7,10,13-14H,8-9,11-12H2,1H3,(H,21,23)(H,22,24)/t13-/m1/s1. The van der Waals surface area contributed by atoms with Gasteiger partial charge in [-0.05, 0) is 44.0 Å². The fraction of sp³-hybridized carbons (Fsp3) is 0.350. The van der Waals surface area contributed by atoms with E-state index in [4.69, 9.17) is 9.15 Å². The minimum absolute atomic E-state index is 0.142. The van der Waals surface area contributed by atoms with Crippen LogP contribution in [0.2, 0.25) is 0 Å². The number of ether oxygens (including phenoxy) is 1. The van der Waals surface area contributed by atoms with Crippen LogP contribution >= 0.6 is 11.8 Å². The van der Waals surface area contributed by atoms with Crippen molar-refractivity contribution in [1.82, 2.24) is 10.6 Å². The molecule has 8 heteroatoms. The number of carbonyl (C=O) groups excluding carboxylic acids is 3. The van der Waals surface area contributed by atoms with E-state index in [9.17, 15) is 14.4 Å². The summed E-state index contributed by atoms with van der Waals surface area (Å²) >= 11 is 1.23. The third-order valence-corrected chi connectivity index (χ3v) is 5.16. The third kappa shape index (κ3) is 5.88. The molecule has 0 aliphatic heterocycles. The number of esters is 1. The highest BCUT2D eigenvalue weighted by atomic mass is 32.2. The molecule has 1 heterocycles. The highest BCUT2D eigenvalue weighted by molar-refractivity contribution is 8.00. The lowest BCUT2D eigenvalue weighted by atomic mass is 10.2. The first-order chi connectivity index (χ1) is 13.5. The molecule has 7 nitrogen and oxygen atoms in total. The maximum absolute atomic E-state index is 12.5. The second-order valence-corrected chi connectivity index (χ2v) is 7.49. The van der Waals surface area contributed by atoms with Crippen LogP contribution < -0.4 is 10.6 Å². The number of thioether (sulfide) groups is 1. The van der Waals surface area contributed by atoms with Crippen molar-refractivity contribution >= 4 is 29.5 Å². The molecule has 0 saturated heterocycles. The van der Waals surface area contributed by atoms with E-state index >= 15 is 0 Å². The number of nitrogens with one attached hydrogen (secondary N) is 2. The fourth-order valence-corrected chi connectivity index (χ4v) is 3.25. The zero-order valence-corrected chi connectivity index (χ0v) is 16.3. The monoisotopic (exact) mass is 402 g/mol. The lowest BCUT2D eigenvalue weighted by Gasteiger charge is -2.14. The normalized spacial score (nSPS) is 14.2. The first-order valence-electron chi connectivity index (χ1n) is 9.05. The largest absolute Gasteiger partial charge is 0.467 e. The van der Waals surface area contributed by atoms with E-state index in [1.807, 2.05) is 0 Å². The van der Waals surface area contributed by atoms with Crippen molar-refractivity contribution in [2.24, 2.45) is 0 Å². The summed E-state index contributed by atoms with van der Waals surface area (Å²) in [5, 5.41) is 5.56. The summed E-state index contributed by atoms with van der Waals surface area (Å²) in [6, 6.07) is 10.6. The first kappa shape index (κ1) is 20.0. The molecule has 1 aromatic heterocycles. The van der Waals surface area contributed by atoms with Gasteiger partial charge in [0.05, 0.1) is 24.1 Å². The molecule has 1 fully saturated rings. The van der Waals surface area contributed by atoms with Gasteiger partial charge < -0.3 is 19.8 Å². The molecule has 1 saturated carbocycles. The Bertz CT molecular complexity index is 833. The van der Waals surface area contributed by atoms with Crippen LogP contribution in [-0.2, 0) is 20.9 Å². The van der Waals surface area contributed by atoms with Gasteiger partial charge in [-0.25, -0.2) is 4.79 Å². The lowest BCUT2D eigenvalue weighted by Crippen LogP contribution is -2.37. The van der Waals surface area contributed by atoms with E-state index < -0.39 is 12.1 Å². The van der Waals surface area contributed by atoms with Gasteiger partial charge in [0.2, 0.25) is 5.91 Å². The predicted octanol–water partition coefficient (Wildman–Crippen LogP) is 2.51. The number of furan rings is 1. The second kappa shape index (κ2) is 9.45. The van der Waals surface area contributed by atoms with Gasteiger partial charge in [-0.3, -0.25) is 9.59 Å². The topological polar surface area (TPSA) is 97.6 Å². The number of benzene rings is 1. The molecule has 1 aromatic carbocycles. The maximum atomic E-state index is 12.5. The molecule has 148 valence electrons. The van der Waals surface area contributed by atoms with Gasteiger partial charge in [-0.1, -0.05) is 12.1 Å². The Hall–Kier alpha value is -2.74. The summed E-state index contributed by atoms with van der Waals surface area (Å²) in [6.07, 6.45) is 2.61. The Kier molecular flexibility index (Phi) is 6.76. The summed E-state index contributed by atoms with van der Waals surface area (Å²) in [6.45, 7) is 1.86. The molecule has 0 unspecified atom stereocenters. The molecule has 2 amide bonds. The highest BCUT2D eigenvalue weighted by Gasteiger charge is 2.27. The number of amides is 2. The van der Waals surface area contributed by atoms with Crippen LogP contribution in [0.1, 0.15) is 35.9 Å². The van der Waals surface area contributed by atoms with E-state index in [2.05, 4.69) is 10.6 Å². The molecule has 1 aliphatic rings. The molecular weight excluding hydrogens is 380 g/mol. The van der Waals surface area contributed by atoms with Crippen LogP contribution in [0.5, 0.6) is 0 Å². The second-order valence-electron chi connectivity index (χ2n) is 6.47. The van der Waals surface area contributed by atoms with Gasteiger partial charge in [0.25, 0.3) is 5.91 Å². The van der Waals surface area contributed by atoms with E-state index in [0.29, 0.717) is 22.8 Å². The van der Waals surface area contributed by atoms with Crippen molar-refractivity contribution in [1.29, 1.82) is 0 Å². The summed E-state index contributed by atoms with van der Waals surface area (Å²) in [4.78, 5) is 37.1. The van der Waals surface area contributed by atoms with Gasteiger partial charge in [-0.2, -0.15) is 0 Å². The van der Waals surface area contributed by atoms with Gasteiger partial charge in [0.15, 0.2) is 6.10 Å². The smallest absolute Gasteiger partial charge is 0.340 e. The SMILES string of the molecule is C[C@@H](OC(=O)c1ccccc1SCC(=O)NCc1ccco1)C(=O)NC1CC1. The number of hydrogen-bond donors (Lipinski definition) is 2. The van der Waals surface area contributed by atoms with Crippen molar-refractivity contribution in [3.05, 3.63) is 54.0 Å². The van der Waals surface area contributed by atoms with Crippen LogP contribution in [-0.4, -0.2) is 35.7 Å². The minimum Gasteiger partial charge on any atom is -0.467 e. The molecule has 2 N–H and O–H groups in total. The Balaban J connectivity index is 1.52. The molecule has 28 heavy (non-hydrogen) atoms. The van der Waals surface area contributed by atoms with Gasteiger partial charge >= 0.3 is 5.97 Å². The fourth-order valence-electron chi connectivity index (χ4n) is 2.38. The van der Waals surface area contributed by atoms with Gasteiger partial charge in [0, 0.05) is 10.9 Å². The van der Waals surface area contributed by atoms with E-state index in [-0.39, 0.29) is 23.6 Å². The average molecular weight is 402 g/mol. The summed E-state index contributed by atoms with van der Waals surface area (Å²) in [7, 11) is 0. The first-order valence-corrected chi connectivity index (χ1v) is 10.0. The quantitative estimate of drug-likeness (QED) is 0.494. The minimum atomic E-state index is -0.872. The highest BCUT2D eigenvalue weighted by Crippen LogP contribution is 2.24. The molecule has 3 rings (SSSR count). The van der Waals surface area contributed by atoms with E-state index in [1.165, 1.54) is 11.8 Å². The predicted molar refractivity (Wildman–Crippen MR) is 104 cm³/mol. The van der Waals surface area contributed by atoms with Crippen molar-refractivity contribution in [3.8, 4) is 0 Å². The van der Waals surface area contributed by atoms with Crippen LogP contribution in [0, 0.1) is 0 Å². The zero-order chi connectivity index (χ0) is 19.9. The molecule has 1 atom stereocenters. The number of carbonyl (C=O) groups is 3. The van der Waals surface area contributed by atoms with E-state index in [1.54, 1.807) is 49.6 Å². The molecule has 0 spiro atoms. The Labute approximate surface area is 167 Å². The molecular formula is C20H22N2O5S. The molecule has 0 bridgehead atoms. The van der Waals surface area contributed by atoms with E-state index in [0.717, 1.165) is 12.8 Å². The average Bonchev–Trinajstić information content (AvgIpc) is 3.35. The van der Waals surface area contributed by atoms with Crippen molar-refractivity contribution in [2.45, 2.75) is 43.4 Å². The molecule has 2 aromatic rings. The van der Waals surface area contributed by atoms with Gasteiger partial charge in [0.1, 0.15) is 5.76 Å². The zero-order valence-electron chi connectivity index (χ0n) is 15.5.